The number of alkyl halides is 2. The largest absolute Gasteiger partial charge is 0.379 e. The lowest BCUT2D eigenvalue weighted by Gasteiger charge is -2.31. The number of anilines is 1. The molecule has 0 spiro atoms. The molecule has 2 aromatic rings. The zero-order chi connectivity index (χ0) is 24.5. The number of imidazole rings is 1. The highest BCUT2D eigenvalue weighted by molar-refractivity contribution is 6.18. The van der Waals surface area contributed by atoms with Crippen LogP contribution in [0.3, 0.4) is 0 Å². The number of aromatic nitrogens is 2. The van der Waals surface area contributed by atoms with Crippen LogP contribution >= 0.6 is 23.2 Å². The molecule has 6 nitrogen and oxygen atoms in total. The Hall–Kier alpha value is -1.50. The van der Waals surface area contributed by atoms with Crippen LogP contribution in [-0.2, 0) is 22.4 Å². The summed E-state index contributed by atoms with van der Waals surface area (Å²) in [6.45, 7) is 3.08. The molecule has 194 valence electrons. The minimum Gasteiger partial charge on any atom is -0.379 e. The summed E-state index contributed by atoms with van der Waals surface area (Å²) in [4.78, 5) is 23.5. The van der Waals surface area contributed by atoms with Gasteiger partial charge in [-0.15, -0.1) is 23.2 Å². The number of fused-ring (bicyclic) bond motifs is 1. The predicted octanol–water partition coefficient (Wildman–Crippen LogP) is 5.59. The molecule has 3 heterocycles. The van der Waals surface area contributed by atoms with Crippen molar-refractivity contribution in [2.45, 2.75) is 76.7 Å². The van der Waals surface area contributed by atoms with Crippen molar-refractivity contribution >= 4 is 46.1 Å². The molecule has 2 aliphatic rings. The van der Waals surface area contributed by atoms with E-state index in [0.717, 1.165) is 119 Å². The summed E-state index contributed by atoms with van der Waals surface area (Å²) in [6.07, 6.45) is 11.6. The standard InChI is InChI=1S/C27H40Cl2N4O2/c28-12-5-1-3-7-21-17-24-25(18-22(21)8-4-2-6-13-29)32-27(31-24)33-14-9-20(10-15-33)26(34)30-23-11-16-35-19-23/h17-18,20,23H,1-16,19H2,(H,30,34)(H,31,32). The van der Waals surface area contributed by atoms with Crippen molar-refractivity contribution in [2.24, 2.45) is 5.92 Å². The van der Waals surface area contributed by atoms with E-state index >= 15 is 0 Å². The number of ether oxygens (including phenoxy) is 1. The first kappa shape index (κ1) is 26.6. The van der Waals surface area contributed by atoms with Crippen molar-refractivity contribution in [3.8, 4) is 0 Å². The summed E-state index contributed by atoms with van der Waals surface area (Å²) >= 11 is 11.8. The normalized spacial score (nSPS) is 19.0. The summed E-state index contributed by atoms with van der Waals surface area (Å²) in [5.41, 5.74) is 5.00. The Morgan fingerprint density at radius 2 is 1.69 bits per heavy atom. The van der Waals surface area contributed by atoms with Gasteiger partial charge in [0, 0.05) is 37.4 Å². The van der Waals surface area contributed by atoms with Crippen LogP contribution in [0, 0.1) is 5.92 Å². The van der Waals surface area contributed by atoms with Crippen molar-refractivity contribution < 1.29 is 9.53 Å². The molecule has 2 aliphatic heterocycles. The molecule has 1 atom stereocenters. The zero-order valence-corrected chi connectivity index (χ0v) is 22.3. The van der Waals surface area contributed by atoms with Gasteiger partial charge in [-0.1, -0.05) is 12.8 Å². The number of H-pyrrole nitrogens is 1. The van der Waals surface area contributed by atoms with Crippen LogP contribution in [0.2, 0.25) is 0 Å². The summed E-state index contributed by atoms with van der Waals surface area (Å²) in [6, 6.07) is 4.79. The Kier molecular flexibility index (Phi) is 10.4. The number of halogens is 2. The molecule has 1 aromatic heterocycles. The van der Waals surface area contributed by atoms with Gasteiger partial charge in [-0.2, -0.15) is 0 Å². The molecular weight excluding hydrogens is 483 g/mol. The first-order valence-corrected chi connectivity index (χ1v) is 14.5. The number of carbonyl (C=O) groups is 1. The number of aryl methyl sites for hydroxylation is 2. The Bertz CT molecular complexity index is 888. The predicted molar refractivity (Wildman–Crippen MR) is 145 cm³/mol. The second kappa shape index (κ2) is 13.7. The highest BCUT2D eigenvalue weighted by Crippen LogP contribution is 2.27. The van der Waals surface area contributed by atoms with Gasteiger partial charge in [0.2, 0.25) is 11.9 Å². The van der Waals surface area contributed by atoms with E-state index in [0.29, 0.717) is 6.61 Å². The summed E-state index contributed by atoms with van der Waals surface area (Å²) < 4.78 is 5.38. The van der Waals surface area contributed by atoms with E-state index in [4.69, 9.17) is 32.9 Å². The summed E-state index contributed by atoms with van der Waals surface area (Å²) in [5.74, 6) is 2.66. The van der Waals surface area contributed by atoms with Crippen molar-refractivity contribution in [1.82, 2.24) is 15.3 Å². The van der Waals surface area contributed by atoms with Gasteiger partial charge >= 0.3 is 0 Å². The van der Waals surface area contributed by atoms with E-state index in [1.54, 1.807) is 0 Å². The van der Waals surface area contributed by atoms with E-state index in [1.807, 2.05) is 0 Å². The molecule has 4 rings (SSSR count). The molecule has 2 fully saturated rings. The number of amides is 1. The highest BCUT2D eigenvalue weighted by atomic mass is 35.5. The van der Waals surface area contributed by atoms with Gasteiger partial charge in [0.15, 0.2) is 0 Å². The van der Waals surface area contributed by atoms with Crippen molar-refractivity contribution in [1.29, 1.82) is 0 Å². The van der Waals surface area contributed by atoms with Crippen LogP contribution in [0.15, 0.2) is 12.1 Å². The minimum atomic E-state index is 0.0791. The van der Waals surface area contributed by atoms with Gasteiger partial charge in [-0.05, 0) is 81.0 Å². The number of piperidine rings is 1. The third-order valence-electron chi connectivity index (χ3n) is 7.39. The molecule has 1 amide bonds. The monoisotopic (exact) mass is 522 g/mol. The lowest BCUT2D eigenvalue weighted by molar-refractivity contribution is -0.126. The molecule has 0 saturated carbocycles. The maximum atomic E-state index is 12.6. The SMILES string of the molecule is O=C(NC1CCOC1)C1CCN(c2nc3cc(CCCCCCl)c(CCCCCCl)cc3[nH]2)CC1. The molecule has 1 aromatic carbocycles. The van der Waals surface area contributed by atoms with Crippen LogP contribution in [-0.4, -0.2) is 60.0 Å². The van der Waals surface area contributed by atoms with Crippen molar-refractivity contribution in [3.05, 3.63) is 23.3 Å². The molecule has 8 heteroatoms. The second-order valence-electron chi connectivity index (χ2n) is 10.0. The maximum absolute atomic E-state index is 12.6. The smallest absolute Gasteiger partial charge is 0.223 e. The Labute approximate surface area is 219 Å². The van der Waals surface area contributed by atoms with Crippen molar-refractivity contribution in [2.75, 3.05) is 43.0 Å². The minimum absolute atomic E-state index is 0.0791. The Morgan fingerprint density at radius 3 is 2.31 bits per heavy atom. The van der Waals surface area contributed by atoms with Crippen molar-refractivity contribution in [3.63, 3.8) is 0 Å². The van der Waals surface area contributed by atoms with Gasteiger partial charge in [-0.3, -0.25) is 4.79 Å². The van der Waals surface area contributed by atoms with Gasteiger partial charge in [0.05, 0.1) is 23.7 Å². The number of hydrogen-bond donors (Lipinski definition) is 2. The van der Waals surface area contributed by atoms with E-state index in [2.05, 4.69) is 27.3 Å². The number of aromatic amines is 1. The quantitative estimate of drug-likeness (QED) is 0.265. The molecule has 0 radical (unpaired) electrons. The van der Waals surface area contributed by atoms with E-state index in [1.165, 1.54) is 11.1 Å². The maximum Gasteiger partial charge on any atom is 0.223 e. The molecule has 2 N–H and O–H groups in total. The van der Waals surface area contributed by atoms with Gasteiger partial charge in [0.1, 0.15) is 0 Å². The van der Waals surface area contributed by atoms with Gasteiger partial charge in [0.25, 0.3) is 0 Å². The van der Waals surface area contributed by atoms with Crippen LogP contribution in [0.1, 0.15) is 68.9 Å². The molecule has 1 unspecified atom stereocenters. The van der Waals surface area contributed by atoms with Gasteiger partial charge < -0.3 is 19.9 Å². The molecule has 35 heavy (non-hydrogen) atoms. The summed E-state index contributed by atoms with van der Waals surface area (Å²) in [7, 11) is 0. The molecular formula is C27H40Cl2N4O2. The van der Waals surface area contributed by atoms with Crippen LogP contribution < -0.4 is 10.2 Å². The lowest BCUT2D eigenvalue weighted by atomic mass is 9.95. The highest BCUT2D eigenvalue weighted by Gasteiger charge is 2.28. The fraction of sp³-hybridized carbons (Fsp3) is 0.704. The summed E-state index contributed by atoms with van der Waals surface area (Å²) in [5, 5.41) is 3.17. The van der Waals surface area contributed by atoms with Crippen LogP contribution in [0.4, 0.5) is 5.95 Å². The third kappa shape index (κ3) is 7.50. The lowest BCUT2D eigenvalue weighted by Crippen LogP contribution is -2.44. The average molecular weight is 524 g/mol. The topological polar surface area (TPSA) is 70.2 Å². The van der Waals surface area contributed by atoms with Crippen LogP contribution in [0.25, 0.3) is 11.0 Å². The first-order valence-electron chi connectivity index (χ1n) is 13.4. The van der Waals surface area contributed by atoms with Gasteiger partial charge in [-0.25, -0.2) is 4.98 Å². The molecule has 0 aliphatic carbocycles. The zero-order valence-electron chi connectivity index (χ0n) is 20.8. The Balaban J connectivity index is 1.39. The molecule has 0 bridgehead atoms. The number of carbonyl (C=O) groups excluding carboxylic acids is 1. The average Bonchev–Trinajstić information content (AvgIpc) is 3.54. The number of nitrogens with zero attached hydrogens (tertiary/aromatic N) is 2. The second-order valence-corrected chi connectivity index (χ2v) is 10.8. The number of unbranched alkanes of at least 4 members (excludes halogenated alkanes) is 4. The fourth-order valence-electron chi connectivity index (χ4n) is 5.24. The number of hydrogen-bond acceptors (Lipinski definition) is 4. The third-order valence-corrected chi connectivity index (χ3v) is 7.93. The number of rotatable bonds is 13. The fourth-order valence-corrected chi connectivity index (χ4v) is 5.62. The number of benzene rings is 1. The first-order chi connectivity index (χ1) is 17.2. The number of nitrogens with one attached hydrogen (secondary N) is 2. The van der Waals surface area contributed by atoms with E-state index in [-0.39, 0.29) is 17.9 Å². The van der Waals surface area contributed by atoms with E-state index in [9.17, 15) is 4.79 Å². The van der Waals surface area contributed by atoms with E-state index < -0.39 is 0 Å². The van der Waals surface area contributed by atoms with Crippen LogP contribution in [0.5, 0.6) is 0 Å². The Morgan fingerprint density at radius 1 is 1.00 bits per heavy atom. The molecule has 2 saturated heterocycles.